The van der Waals surface area contributed by atoms with Crippen LogP contribution in [0.3, 0.4) is 0 Å². The van der Waals surface area contributed by atoms with Gasteiger partial charge in [-0.2, -0.15) is 4.98 Å². The fourth-order valence-corrected chi connectivity index (χ4v) is 2.62. The Labute approximate surface area is 146 Å². The molecule has 7 heteroatoms. The molecule has 0 radical (unpaired) electrons. The molecule has 3 aromatic rings. The van der Waals surface area contributed by atoms with Gasteiger partial charge in [-0.1, -0.05) is 35.0 Å². The Morgan fingerprint density at radius 2 is 2.08 bits per heavy atom. The van der Waals surface area contributed by atoms with Crippen LogP contribution in [0.5, 0.6) is 0 Å². The third kappa shape index (κ3) is 4.12. The van der Waals surface area contributed by atoms with Crippen molar-refractivity contribution in [2.45, 2.75) is 39.3 Å². The van der Waals surface area contributed by atoms with Crippen molar-refractivity contribution in [2.75, 3.05) is 0 Å². The highest BCUT2D eigenvalue weighted by atomic mass is 16.5. The summed E-state index contributed by atoms with van der Waals surface area (Å²) in [6.45, 7) is 5.50. The lowest BCUT2D eigenvalue weighted by atomic mass is 10.0. The van der Waals surface area contributed by atoms with Crippen LogP contribution in [0.1, 0.15) is 48.8 Å². The topological polar surface area (TPSA) is 85.8 Å². The normalized spacial score (nSPS) is 13.4. The van der Waals surface area contributed by atoms with Crippen LogP contribution >= 0.6 is 0 Å². The van der Waals surface area contributed by atoms with Crippen molar-refractivity contribution in [1.29, 1.82) is 0 Å². The number of imidazole rings is 1. The highest BCUT2D eigenvalue weighted by Gasteiger charge is 2.20. The smallest absolute Gasteiger partial charge is 0.229 e. The van der Waals surface area contributed by atoms with E-state index in [1.54, 1.807) is 12.5 Å². The fraction of sp³-hybridized carbons (Fsp3) is 0.333. The Balaban J connectivity index is 1.78. The number of benzene rings is 1. The van der Waals surface area contributed by atoms with Crippen LogP contribution in [-0.4, -0.2) is 25.6 Å². The Kier molecular flexibility index (Phi) is 4.92. The van der Waals surface area contributed by atoms with Gasteiger partial charge >= 0.3 is 0 Å². The summed E-state index contributed by atoms with van der Waals surface area (Å²) in [5.41, 5.74) is 2.17. The number of hydrogen-bond acceptors (Lipinski definition) is 5. The molecule has 2 atom stereocenters. The first-order valence-corrected chi connectivity index (χ1v) is 8.16. The zero-order valence-corrected chi connectivity index (χ0v) is 14.5. The number of carbonyl (C=O) groups is 1. The maximum atomic E-state index is 11.6. The van der Waals surface area contributed by atoms with E-state index < -0.39 is 0 Å². The number of nitrogens with zero attached hydrogens (tertiary/aromatic N) is 4. The van der Waals surface area contributed by atoms with Crippen LogP contribution in [0.15, 0.2) is 47.5 Å². The van der Waals surface area contributed by atoms with Gasteiger partial charge in [0.2, 0.25) is 11.8 Å². The molecule has 0 aliphatic heterocycles. The van der Waals surface area contributed by atoms with E-state index in [2.05, 4.69) is 20.4 Å². The van der Waals surface area contributed by atoms with E-state index >= 15 is 0 Å². The number of hydrogen-bond donors (Lipinski definition) is 1. The standard InChI is InChI=1S/C18H21N5O2/c1-12-4-6-15(7-5-12)16(20-14(3)24)10-17-21-18(22-25-17)13(2)23-9-8-19-11-23/h4-9,11,13,16H,10H2,1-3H3,(H,20,24)/t13-,16-/m0/s1. The third-order valence-electron chi connectivity index (χ3n) is 4.07. The monoisotopic (exact) mass is 339 g/mol. The van der Waals surface area contributed by atoms with Gasteiger partial charge in [-0.15, -0.1) is 0 Å². The quantitative estimate of drug-likeness (QED) is 0.746. The molecule has 25 heavy (non-hydrogen) atoms. The first-order valence-electron chi connectivity index (χ1n) is 8.16. The van der Waals surface area contributed by atoms with E-state index in [9.17, 15) is 4.79 Å². The molecule has 0 aliphatic carbocycles. The Bertz CT molecular complexity index is 824. The summed E-state index contributed by atoms with van der Waals surface area (Å²) in [6.07, 6.45) is 5.72. The van der Waals surface area contributed by atoms with Crippen LogP contribution in [0.25, 0.3) is 0 Å². The van der Waals surface area contributed by atoms with Gasteiger partial charge in [0, 0.05) is 19.3 Å². The molecule has 0 fully saturated rings. The summed E-state index contributed by atoms with van der Waals surface area (Å²) in [7, 11) is 0. The SMILES string of the molecule is CC(=O)N[C@@H](Cc1nc([C@H](C)n2ccnc2)no1)c1ccc(C)cc1. The number of nitrogens with one attached hydrogen (secondary N) is 1. The highest BCUT2D eigenvalue weighted by molar-refractivity contribution is 5.73. The average molecular weight is 339 g/mol. The number of carbonyl (C=O) groups excluding carboxylic acids is 1. The summed E-state index contributed by atoms with van der Waals surface area (Å²) in [6, 6.07) is 7.76. The molecule has 1 aromatic carbocycles. The molecule has 0 aliphatic rings. The van der Waals surface area contributed by atoms with Crippen molar-refractivity contribution >= 4 is 5.91 Å². The predicted molar refractivity (Wildman–Crippen MR) is 91.8 cm³/mol. The summed E-state index contributed by atoms with van der Waals surface area (Å²) in [4.78, 5) is 20.1. The van der Waals surface area contributed by atoms with Crippen LogP contribution < -0.4 is 5.32 Å². The van der Waals surface area contributed by atoms with E-state index in [-0.39, 0.29) is 18.0 Å². The minimum atomic E-state index is -0.213. The third-order valence-corrected chi connectivity index (χ3v) is 4.07. The first kappa shape index (κ1) is 16.9. The van der Waals surface area contributed by atoms with Crippen LogP contribution in [-0.2, 0) is 11.2 Å². The summed E-state index contributed by atoms with van der Waals surface area (Å²) in [5, 5.41) is 7.01. The molecule has 2 heterocycles. The zero-order chi connectivity index (χ0) is 17.8. The summed E-state index contributed by atoms with van der Waals surface area (Å²) < 4.78 is 7.30. The van der Waals surface area contributed by atoms with Gasteiger partial charge in [-0.25, -0.2) is 4.98 Å². The molecular formula is C18H21N5O2. The van der Waals surface area contributed by atoms with Gasteiger partial charge in [-0.05, 0) is 19.4 Å². The Morgan fingerprint density at radius 3 is 2.72 bits per heavy atom. The molecule has 0 spiro atoms. The molecule has 7 nitrogen and oxygen atoms in total. The maximum absolute atomic E-state index is 11.6. The van der Waals surface area contributed by atoms with Crippen molar-refractivity contribution in [3.8, 4) is 0 Å². The number of aryl methyl sites for hydroxylation is 1. The highest BCUT2D eigenvalue weighted by Crippen LogP contribution is 2.20. The lowest BCUT2D eigenvalue weighted by Gasteiger charge is -2.16. The minimum Gasteiger partial charge on any atom is -0.349 e. The first-order chi connectivity index (χ1) is 12.0. The van der Waals surface area contributed by atoms with Crippen LogP contribution in [0.4, 0.5) is 0 Å². The second-order valence-corrected chi connectivity index (χ2v) is 6.10. The molecule has 1 N–H and O–H groups in total. The fourth-order valence-electron chi connectivity index (χ4n) is 2.62. The molecule has 0 bridgehead atoms. The van der Waals surface area contributed by atoms with Crippen LogP contribution in [0, 0.1) is 6.92 Å². The molecule has 3 rings (SSSR count). The Morgan fingerprint density at radius 1 is 1.32 bits per heavy atom. The largest absolute Gasteiger partial charge is 0.349 e. The van der Waals surface area contributed by atoms with Gasteiger partial charge < -0.3 is 14.4 Å². The van der Waals surface area contributed by atoms with E-state index in [1.807, 2.05) is 48.9 Å². The molecular weight excluding hydrogens is 318 g/mol. The summed E-state index contributed by atoms with van der Waals surface area (Å²) >= 11 is 0. The van der Waals surface area contributed by atoms with Crippen molar-refractivity contribution in [3.63, 3.8) is 0 Å². The predicted octanol–water partition coefficient (Wildman–Crippen LogP) is 2.60. The molecule has 1 amide bonds. The average Bonchev–Trinajstić information content (AvgIpc) is 3.26. The van der Waals surface area contributed by atoms with Crippen molar-refractivity contribution in [3.05, 3.63) is 65.8 Å². The van der Waals surface area contributed by atoms with Gasteiger partial charge in [0.05, 0.1) is 24.8 Å². The lowest BCUT2D eigenvalue weighted by Crippen LogP contribution is -2.27. The number of aromatic nitrogens is 4. The molecule has 130 valence electrons. The van der Waals surface area contributed by atoms with E-state index in [0.717, 1.165) is 5.56 Å². The minimum absolute atomic E-state index is 0.0707. The van der Waals surface area contributed by atoms with Crippen molar-refractivity contribution in [1.82, 2.24) is 25.0 Å². The molecule has 2 aromatic heterocycles. The van der Waals surface area contributed by atoms with E-state index in [0.29, 0.717) is 18.1 Å². The molecule has 0 saturated carbocycles. The molecule has 0 unspecified atom stereocenters. The van der Waals surface area contributed by atoms with Gasteiger partial charge in [0.25, 0.3) is 0 Å². The summed E-state index contributed by atoms with van der Waals surface area (Å²) in [5.74, 6) is 0.969. The van der Waals surface area contributed by atoms with Crippen molar-refractivity contribution in [2.24, 2.45) is 0 Å². The Hall–Kier alpha value is -2.96. The van der Waals surface area contributed by atoms with Gasteiger partial charge in [0.15, 0.2) is 5.82 Å². The number of amides is 1. The lowest BCUT2D eigenvalue weighted by molar-refractivity contribution is -0.119. The zero-order valence-electron chi connectivity index (χ0n) is 14.5. The van der Waals surface area contributed by atoms with Crippen LogP contribution in [0.2, 0.25) is 0 Å². The maximum Gasteiger partial charge on any atom is 0.229 e. The second-order valence-electron chi connectivity index (χ2n) is 6.10. The van der Waals surface area contributed by atoms with Crippen molar-refractivity contribution < 1.29 is 9.32 Å². The molecule has 0 saturated heterocycles. The number of rotatable bonds is 6. The van der Waals surface area contributed by atoms with Gasteiger partial charge in [0.1, 0.15) is 0 Å². The van der Waals surface area contributed by atoms with E-state index in [4.69, 9.17) is 4.52 Å². The van der Waals surface area contributed by atoms with Gasteiger partial charge in [-0.3, -0.25) is 4.79 Å². The second kappa shape index (κ2) is 7.29. The van der Waals surface area contributed by atoms with E-state index in [1.165, 1.54) is 12.5 Å².